The molecular weight excluding hydrogens is 240 g/mol. The number of alkyl halides is 1. The smallest absolute Gasteiger partial charge is 0.120 e. The van der Waals surface area contributed by atoms with Gasteiger partial charge in [-0.15, -0.1) is 33.1 Å². The Hall–Kier alpha value is -0.150. The van der Waals surface area contributed by atoms with E-state index in [0.717, 1.165) is 17.8 Å². The van der Waals surface area contributed by atoms with E-state index < -0.39 is 0 Å². The molecule has 16 heavy (non-hydrogen) atoms. The van der Waals surface area contributed by atoms with Crippen molar-refractivity contribution >= 4 is 22.9 Å². The summed E-state index contributed by atoms with van der Waals surface area (Å²) in [7, 11) is 0. The molecule has 1 heterocycles. The average molecular weight is 261 g/mol. The molecule has 0 aromatic carbocycles. The highest BCUT2D eigenvalue weighted by Crippen LogP contribution is 2.29. The summed E-state index contributed by atoms with van der Waals surface area (Å²) in [5.41, 5.74) is 0. The maximum atomic E-state index is 5.68. The van der Waals surface area contributed by atoms with Crippen molar-refractivity contribution in [3.8, 4) is 0 Å². The summed E-state index contributed by atoms with van der Waals surface area (Å²) in [6, 6.07) is 0. The second kappa shape index (κ2) is 8.02. The van der Waals surface area contributed by atoms with E-state index in [9.17, 15) is 0 Å². The highest BCUT2D eigenvalue weighted by Gasteiger charge is 2.14. The number of aryl methyl sites for hydroxylation is 1. The summed E-state index contributed by atoms with van der Waals surface area (Å²) >= 11 is 7.46. The Morgan fingerprint density at radius 1 is 1.19 bits per heavy atom. The van der Waals surface area contributed by atoms with Crippen LogP contribution >= 0.6 is 22.9 Å². The first-order chi connectivity index (χ1) is 7.81. The number of rotatable bonds is 8. The first-order valence-corrected chi connectivity index (χ1v) is 7.55. The van der Waals surface area contributed by atoms with E-state index in [4.69, 9.17) is 11.6 Å². The number of aromatic nitrogens is 2. The minimum atomic E-state index is 0.622. The Bertz CT molecular complexity index is 282. The Labute approximate surface area is 107 Å². The van der Waals surface area contributed by atoms with Crippen molar-refractivity contribution in [3.05, 3.63) is 10.0 Å². The molecule has 0 aliphatic carbocycles. The van der Waals surface area contributed by atoms with Crippen LogP contribution in [-0.4, -0.2) is 16.1 Å². The molecule has 0 spiro atoms. The molecule has 0 atom stereocenters. The van der Waals surface area contributed by atoms with E-state index in [1.807, 2.05) is 0 Å². The lowest BCUT2D eigenvalue weighted by molar-refractivity contribution is 0.554. The molecule has 0 N–H and O–H groups in total. The molecule has 1 aromatic heterocycles. The zero-order valence-corrected chi connectivity index (χ0v) is 11.8. The third-order valence-corrected chi connectivity index (χ3v) is 4.04. The highest BCUT2D eigenvalue weighted by molar-refractivity contribution is 7.11. The van der Waals surface area contributed by atoms with Crippen molar-refractivity contribution in [2.45, 2.75) is 58.3 Å². The normalized spacial score (nSPS) is 11.2. The molecule has 1 aromatic rings. The van der Waals surface area contributed by atoms with Crippen molar-refractivity contribution in [3.63, 3.8) is 0 Å². The van der Waals surface area contributed by atoms with E-state index in [0.29, 0.717) is 11.8 Å². The molecule has 0 saturated carbocycles. The molecule has 0 aliphatic rings. The van der Waals surface area contributed by atoms with Crippen molar-refractivity contribution in [2.24, 2.45) is 0 Å². The first kappa shape index (κ1) is 13.9. The summed E-state index contributed by atoms with van der Waals surface area (Å²) in [6.07, 6.45) is 6.90. The lowest BCUT2D eigenvalue weighted by Crippen LogP contribution is -1.97. The molecule has 0 fully saturated rings. The second-order valence-electron chi connectivity index (χ2n) is 4.10. The fourth-order valence-corrected chi connectivity index (χ4v) is 3.03. The van der Waals surface area contributed by atoms with Gasteiger partial charge in [0.05, 0.1) is 0 Å². The summed E-state index contributed by atoms with van der Waals surface area (Å²) in [6.45, 7) is 4.47. The van der Waals surface area contributed by atoms with Crippen LogP contribution in [0.5, 0.6) is 0 Å². The van der Waals surface area contributed by atoms with Gasteiger partial charge >= 0.3 is 0 Å². The van der Waals surface area contributed by atoms with E-state index >= 15 is 0 Å². The van der Waals surface area contributed by atoms with Crippen LogP contribution < -0.4 is 0 Å². The fourth-order valence-electron chi connectivity index (χ4n) is 1.84. The molecule has 0 unspecified atom stereocenters. The molecule has 4 heteroatoms. The van der Waals surface area contributed by atoms with Crippen LogP contribution in [0.3, 0.4) is 0 Å². The third-order valence-electron chi connectivity index (χ3n) is 2.63. The highest BCUT2D eigenvalue weighted by atomic mass is 35.5. The number of hydrogen-bond acceptors (Lipinski definition) is 3. The van der Waals surface area contributed by atoms with Gasteiger partial charge in [-0.05, 0) is 19.3 Å². The Balaban J connectivity index is 2.58. The number of hydrogen-bond donors (Lipinski definition) is 0. The SMILES string of the molecule is CCCC(CCC)c1nnc(CCCCl)s1. The zero-order chi connectivity index (χ0) is 11.8. The van der Waals surface area contributed by atoms with Crippen molar-refractivity contribution in [1.29, 1.82) is 0 Å². The van der Waals surface area contributed by atoms with E-state index in [1.165, 1.54) is 30.7 Å². The molecule has 0 radical (unpaired) electrons. The molecule has 0 bridgehead atoms. The molecule has 92 valence electrons. The molecule has 0 aliphatic heterocycles. The molecule has 0 saturated heterocycles. The van der Waals surface area contributed by atoms with Crippen LogP contribution in [-0.2, 0) is 6.42 Å². The van der Waals surface area contributed by atoms with Gasteiger partial charge in [0.15, 0.2) is 0 Å². The maximum Gasteiger partial charge on any atom is 0.120 e. The monoisotopic (exact) mass is 260 g/mol. The van der Waals surface area contributed by atoms with E-state index in [1.54, 1.807) is 11.3 Å². The van der Waals surface area contributed by atoms with Gasteiger partial charge < -0.3 is 0 Å². The van der Waals surface area contributed by atoms with E-state index in [-0.39, 0.29) is 0 Å². The van der Waals surface area contributed by atoms with Crippen LogP contribution in [0, 0.1) is 0 Å². The first-order valence-electron chi connectivity index (χ1n) is 6.20. The predicted molar refractivity (Wildman–Crippen MR) is 71.5 cm³/mol. The van der Waals surface area contributed by atoms with Gasteiger partial charge in [-0.2, -0.15) is 0 Å². The second-order valence-corrected chi connectivity index (χ2v) is 5.57. The summed E-state index contributed by atoms with van der Waals surface area (Å²) in [5.74, 6) is 1.33. The summed E-state index contributed by atoms with van der Waals surface area (Å²) < 4.78 is 0. The summed E-state index contributed by atoms with van der Waals surface area (Å²) in [4.78, 5) is 0. The minimum absolute atomic E-state index is 0.622. The number of halogens is 1. The Morgan fingerprint density at radius 3 is 2.44 bits per heavy atom. The van der Waals surface area contributed by atoms with Gasteiger partial charge in [-0.3, -0.25) is 0 Å². The lowest BCUT2D eigenvalue weighted by Gasteiger charge is -2.10. The van der Waals surface area contributed by atoms with Crippen LogP contribution in [0.15, 0.2) is 0 Å². The predicted octanol–water partition coefficient (Wildman–Crippen LogP) is 4.39. The van der Waals surface area contributed by atoms with Gasteiger partial charge in [-0.25, -0.2) is 0 Å². The topological polar surface area (TPSA) is 25.8 Å². The van der Waals surface area contributed by atoms with Crippen molar-refractivity contribution in [2.75, 3.05) is 5.88 Å². The van der Waals surface area contributed by atoms with Crippen molar-refractivity contribution < 1.29 is 0 Å². The van der Waals surface area contributed by atoms with Gasteiger partial charge in [0.1, 0.15) is 10.0 Å². The standard InChI is InChI=1S/C12H21ClN2S/c1-3-6-10(7-4-2)12-15-14-11(16-12)8-5-9-13/h10H,3-9H2,1-2H3. The number of nitrogens with zero attached hydrogens (tertiary/aromatic N) is 2. The van der Waals surface area contributed by atoms with Crippen molar-refractivity contribution in [1.82, 2.24) is 10.2 Å². The molecule has 2 nitrogen and oxygen atoms in total. The molecule has 1 rings (SSSR count). The van der Waals surface area contributed by atoms with Crippen LogP contribution in [0.1, 0.15) is 61.9 Å². The maximum absolute atomic E-state index is 5.68. The van der Waals surface area contributed by atoms with Crippen LogP contribution in [0.25, 0.3) is 0 Å². The fraction of sp³-hybridized carbons (Fsp3) is 0.833. The van der Waals surface area contributed by atoms with Gasteiger partial charge in [0, 0.05) is 18.2 Å². The Morgan fingerprint density at radius 2 is 1.88 bits per heavy atom. The largest absolute Gasteiger partial charge is 0.144 e. The van der Waals surface area contributed by atoms with Gasteiger partial charge in [-0.1, -0.05) is 26.7 Å². The summed E-state index contributed by atoms with van der Waals surface area (Å²) in [5, 5.41) is 11.0. The zero-order valence-electron chi connectivity index (χ0n) is 10.2. The Kier molecular flexibility index (Phi) is 6.97. The van der Waals surface area contributed by atoms with E-state index in [2.05, 4.69) is 24.0 Å². The molecular formula is C12H21ClN2S. The van der Waals surface area contributed by atoms with Gasteiger partial charge in [0.25, 0.3) is 0 Å². The molecule has 0 amide bonds. The van der Waals surface area contributed by atoms with Crippen LogP contribution in [0.4, 0.5) is 0 Å². The average Bonchev–Trinajstić information content (AvgIpc) is 2.74. The quantitative estimate of drug-likeness (QED) is 0.648. The third kappa shape index (κ3) is 4.38. The lowest BCUT2D eigenvalue weighted by atomic mass is 9.99. The van der Waals surface area contributed by atoms with Gasteiger partial charge in [0.2, 0.25) is 0 Å². The van der Waals surface area contributed by atoms with Crippen LogP contribution in [0.2, 0.25) is 0 Å². The minimum Gasteiger partial charge on any atom is -0.144 e.